The topological polar surface area (TPSA) is 173 Å². The maximum absolute atomic E-state index is 13.7. The number of hydrogen-bond acceptors (Lipinski definition) is 11. The maximum atomic E-state index is 13.7. The van der Waals surface area contributed by atoms with Crippen LogP contribution in [-0.4, -0.2) is 91.8 Å². The number of ether oxygens (including phenoxy) is 6. The molecule has 2 aliphatic rings. The van der Waals surface area contributed by atoms with Crippen molar-refractivity contribution in [3.8, 4) is 0 Å². The van der Waals surface area contributed by atoms with Crippen molar-refractivity contribution >= 4 is 17.8 Å². The first-order chi connectivity index (χ1) is 24.3. The molecule has 12 nitrogen and oxygen atoms in total. The number of carbonyl (C=O) groups is 3. The Morgan fingerprint density at radius 3 is 2.27 bits per heavy atom. The molecule has 1 saturated heterocycles. The molecule has 2 aliphatic heterocycles. The smallest absolute Gasteiger partial charge is 0.373 e. The zero-order valence-electron chi connectivity index (χ0n) is 33.0. The highest BCUT2D eigenvalue weighted by atomic mass is 16.7. The Bertz CT molecular complexity index is 1370. The van der Waals surface area contributed by atoms with E-state index < -0.39 is 72.1 Å². The number of cyclic esters (lactones) is 1. The summed E-state index contributed by atoms with van der Waals surface area (Å²) >= 11 is 0. The van der Waals surface area contributed by atoms with Gasteiger partial charge in [-0.15, -0.1) is 0 Å². The molecule has 12 unspecified atom stereocenters. The molecule has 2 rings (SSSR count). The van der Waals surface area contributed by atoms with Crippen LogP contribution in [0.25, 0.3) is 0 Å². The third kappa shape index (κ3) is 11.9. The SMILES string of the molecule is COC1=CC(C)=CC(C)C(O)C(C)CC(C)=CC=CC(OC)C(C(C)C(O)C(C)C2(OC)CC(OC(=O)C=CC(N)=O)C(C)C(C(C)C)O2)OC1=O. The number of nitrogens with two attached hydrogens (primary N) is 1. The number of amides is 1. The van der Waals surface area contributed by atoms with Crippen LogP contribution in [0.1, 0.15) is 75.2 Å². The molecule has 0 radical (unpaired) electrons. The molecule has 4 N–H and O–H groups in total. The predicted octanol–water partition coefficient (Wildman–Crippen LogP) is 4.94. The van der Waals surface area contributed by atoms with Gasteiger partial charge in [0.2, 0.25) is 11.7 Å². The van der Waals surface area contributed by atoms with Gasteiger partial charge in [-0.2, -0.15) is 0 Å². The molecule has 0 aromatic carbocycles. The van der Waals surface area contributed by atoms with E-state index in [1.807, 2.05) is 66.7 Å². The maximum Gasteiger partial charge on any atom is 0.373 e. The van der Waals surface area contributed by atoms with Crippen molar-refractivity contribution in [3.05, 3.63) is 59.4 Å². The quantitative estimate of drug-likeness (QED) is 0.194. The van der Waals surface area contributed by atoms with E-state index in [1.165, 1.54) is 21.3 Å². The van der Waals surface area contributed by atoms with E-state index in [0.717, 1.165) is 17.7 Å². The number of carbonyl (C=O) groups excluding carboxylic acids is 3. The molecule has 0 saturated carbocycles. The van der Waals surface area contributed by atoms with Gasteiger partial charge in [0, 0.05) is 56.5 Å². The van der Waals surface area contributed by atoms with Crippen LogP contribution in [0.5, 0.6) is 0 Å². The second-order valence-corrected chi connectivity index (χ2v) is 14.9. The van der Waals surface area contributed by atoms with Gasteiger partial charge in [0.15, 0.2) is 5.79 Å². The molecule has 0 aromatic heterocycles. The third-order valence-electron chi connectivity index (χ3n) is 10.4. The van der Waals surface area contributed by atoms with Crippen LogP contribution in [0.2, 0.25) is 0 Å². The monoisotopic (exact) mass is 733 g/mol. The predicted molar refractivity (Wildman–Crippen MR) is 197 cm³/mol. The number of esters is 2. The number of hydrogen-bond donors (Lipinski definition) is 3. The van der Waals surface area contributed by atoms with Gasteiger partial charge in [-0.25, -0.2) is 9.59 Å². The van der Waals surface area contributed by atoms with Gasteiger partial charge in [0.1, 0.15) is 18.3 Å². The van der Waals surface area contributed by atoms with E-state index in [0.29, 0.717) is 12.0 Å². The van der Waals surface area contributed by atoms with Gasteiger partial charge in [-0.1, -0.05) is 83.9 Å². The molecule has 1 fully saturated rings. The van der Waals surface area contributed by atoms with Gasteiger partial charge in [-0.3, -0.25) is 4.79 Å². The van der Waals surface area contributed by atoms with Crippen molar-refractivity contribution in [3.63, 3.8) is 0 Å². The van der Waals surface area contributed by atoms with Crippen molar-refractivity contribution in [1.29, 1.82) is 0 Å². The van der Waals surface area contributed by atoms with Crippen molar-refractivity contribution in [2.24, 2.45) is 41.2 Å². The molecule has 0 bridgehead atoms. The minimum Gasteiger partial charge on any atom is -0.490 e. The zero-order valence-corrected chi connectivity index (χ0v) is 33.0. The van der Waals surface area contributed by atoms with Crippen LogP contribution in [-0.2, 0) is 42.8 Å². The Hall–Kier alpha value is -3.29. The number of aliphatic hydroxyl groups excluding tert-OH is 2. The van der Waals surface area contributed by atoms with Crippen molar-refractivity contribution in [2.45, 2.75) is 118 Å². The van der Waals surface area contributed by atoms with Crippen LogP contribution in [0.15, 0.2) is 59.4 Å². The first-order valence-corrected chi connectivity index (χ1v) is 18.1. The summed E-state index contributed by atoms with van der Waals surface area (Å²) in [7, 11) is 4.34. The summed E-state index contributed by atoms with van der Waals surface area (Å²) in [4.78, 5) is 37.6. The summed E-state index contributed by atoms with van der Waals surface area (Å²) in [5.41, 5.74) is 6.92. The summed E-state index contributed by atoms with van der Waals surface area (Å²) < 4.78 is 36.0. The Morgan fingerprint density at radius 1 is 1.06 bits per heavy atom. The molecule has 12 atom stereocenters. The molecular formula is C40H63NO11. The van der Waals surface area contributed by atoms with Crippen LogP contribution >= 0.6 is 0 Å². The summed E-state index contributed by atoms with van der Waals surface area (Å²) in [5, 5.41) is 23.1. The highest BCUT2D eigenvalue weighted by molar-refractivity contribution is 5.93. The van der Waals surface area contributed by atoms with E-state index in [2.05, 4.69) is 0 Å². The van der Waals surface area contributed by atoms with Crippen molar-refractivity contribution in [1.82, 2.24) is 0 Å². The molecule has 0 spiro atoms. The molecular weight excluding hydrogens is 670 g/mol. The average Bonchev–Trinajstić information content (AvgIpc) is 3.09. The molecule has 294 valence electrons. The van der Waals surface area contributed by atoms with E-state index in [4.69, 9.17) is 34.2 Å². The molecule has 12 heteroatoms. The van der Waals surface area contributed by atoms with Crippen LogP contribution in [0, 0.1) is 35.5 Å². The van der Waals surface area contributed by atoms with Gasteiger partial charge in [0.25, 0.3) is 0 Å². The standard InChI is InChI=1S/C40H63NO11/c1-22(2)37-27(7)32(50-34(43)17-16-33(41)42)21-40(49-12,52-37)29(9)36(45)28(8)38-30(47-10)15-13-14-23(3)18-25(5)35(44)26(6)19-24(4)20-31(48-11)39(46)51-38/h13-17,19-20,22,25-30,32,35-38,44-45H,18,21H2,1-12H3,(H2,41,42). The molecule has 1 amide bonds. The fourth-order valence-electron chi connectivity index (χ4n) is 7.31. The summed E-state index contributed by atoms with van der Waals surface area (Å²) in [5.74, 6) is -5.76. The second-order valence-electron chi connectivity index (χ2n) is 14.9. The van der Waals surface area contributed by atoms with Crippen LogP contribution < -0.4 is 5.73 Å². The zero-order chi connectivity index (χ0) is 39.5. The van der Waals surface area contributed by atoms with Crippen molar-refractivity contribution < 1.29 is 53.0 Å². The fourth-order valence-corrected chi connectivity index (χ4v) is 7.31. The number of rotatable bonds is 11. The summed E-state index contributed by atoms with van der Waals surface area (Å²) in [6.07, 6.45) is 6.88. The molecule has 52 heavy (non-hydrogen) atoms. The fraction of sp³-hybridized carbons (Fsp3) is 0.675. The Balaban J connectivity index is 2.59. The lowest BCUT2D eigenvalue weighted by atomic mass is 9.76. The summed E-state index contributed by atoms with van der Waals surface area (Å²) in [6.45, 7) is 17.1. The van der Waals surface area contributed by atoms with Crippen LogP contribution in [0.3, 0.4) is 0 Å². The molecule has 0 aromatic rings. The Morgan fingerprint density at radius 2 is 1.71 bits per heavy atom. The number of methoxy groups -OCH3 is 3. The first kappa shape index (κ1) is 44.9. The lowest BCUT2D eigenvalue weighted by Crippen LogP contribution is -2.60. The van der Waals surface area contributed by atoms with Crippen LogP contribution in [0.4, 0.5) is 0 Å². The summed E-state index contributed by atoms with van der Waals surface area (Å²) in [6, 6.07) is 0. The minimum absolute atomic E-state index is 0.0199. The highest BCUT2D eigenvalue weighted by Gasteiger charge is 2.54. The van der Waals surface area contributed by atoms with Gasteiger partial charge < -0.3 is 44.4 Å². The molecule has 0 aliphatic carbocycles. The number of allylic oxidation sites excluding steroid dienone is 5. The van der Waals surface area contributed by atoms with E-state index in [9.17, 15) is 24.6 Å². The first-order valence-electron chi connectivity index (χ1n) is 18.1. The average molecular weight is 734 g/mol. The number of aliphatic hydroxyl groups is 2. The lowest BCUT2D eigenvalue weighted by Gasteiger charge is -2.51. The van der Waals surface area contributed by atoms with Gasteiger partial charge in [0.05, 0.1) is 25.4 Å². The Kier molecular flexibility index (Phi) is 17.5. The van der Waals surface area contributed by atoms with E-state index in [-0.39, 0.29) is 35.9 Å². The Labute approximate surface area is 310 Å². The van der Waals surface area contributed by atoms with Crippen molar-refractivity contribution in [2.75, 3.05) is 21.3 Å². The number of primary amides is 1. The van der Waals surface area contributed by atoms with E-state index >= 15 is 0 Å². The second kappa shape index (κ2) is 20.2. The van der Waals surface area contributed by atoms with E-state index in [1.54, 1.807) is 26.0 Å². The van der Waals surface area contributed by atoms with Gasteiger partial charge >= 0.3 is 11.9 Å². The molecule has 2 heterocycles. The van der Waals surface area contributed by atoms with Gasteiger partial charge in [-0.05, 0) is 38.2 Å². The normalized spacial score (nSPS) is 33.0. The largest absolute Gasteiger partial charge is 0.490 e. The highest BCUT2D eigenvalue weighted by Crippen LogP contribution is 2.44. The minimum atomic E-state index is -1.43. The third-order valence-corrected chi connectivity index (χ3v) is 10.4. The lowest BCUT2D eigenvalue weighted by molar-refractivity contribution is -0.339.